The maximum atomic E-state index is 11.6. The molecule has 4 nitrogen and oxygen atoms in total. The summed E-state index contributed by atoms with van der Waals surface area (Å²) < 4.78 is 30.8. The summed E-state index contributed by atoms with van der Waals surface area (Å²) in [5, 5.41) is -0.986. The van der Waals surface area contributed by atoms with Gasteiger partial charge in [0, 0.05) is 12.0 Å². The van der Waals surface area contributed by atoms with Gasteiger partial charge in [-0.15, -0.1) is 0 Å². The Bertz CT molecular complexity index is 504. The van der Waals surface area contributed by atoms with Gasteiger partial charge in [0.2, 0.25) is 0 Å². The SMILES string of the molecule is O=C1CC(S(=O)(=O)O)Cc2ccccc21. The fourth-order valence-electron chi connectivity index (χ4n) is 1.82. The molecule has 0 saturated heterocycles. The molecule has 0 saturated carbocycles. The number of hydrogen-bond acceptors (Lipinski definition) is 3. The molecule has 0 aliphatic heterocycles. The fourth-order valence-corrected chi connectivity index (χ4v) is 2.57. The first-order valence-electron chi connectivity index (χ1n) is 4.56. The first kappa shape index (κ1) is 10.3. The monoisotopic (exact) mass is 226 g/mol. The third-order valence-electron chi connectivity index (χ3n) is 2.60. The summed E-state index contributed by atoms with van der Waals surface area (Å²) in [7, 11) is -4.12. The molecule has 0 fully saturated rings. The standard InChI is InChI=1S/C10H10O4S/c11-10-6-8(15(12,13)14)5-7-3-1-2-4-9(7)10/h1-4,8H,5-6H2,(H,12,13,14). The van der Waals surface area contributed by atoms with Gasteiger partial charge in [-0.1, -0.05) is 24.3 Å². The van der Waals surface area contributed by atoms with Crippen LogP contribution in [0.1, 0.15) is 22.3 Å². The maximum absolute atomic E-state index is 11.6. The van der Waals surface area contributed by atoms with Crippen LogP contribution in [0.3, 0.4) is 0 Å². The lowest BCUT2D eigenvalue weighted by atomic mass is 9.90. The summed E-state index contributed by atoms with van der Waals surface area (Å²) in [6.07, 6.45) is 0.0800. The second-order valence-electron chi connectivity index (χ2n) is 3.63. The highest BCUT2D eigenvalue weighted by atomic mass is 32.2. The van der Waals surface area contributed by atoms with E-state index in [1.165, 1.54) is 0 Å². The van der Waals surface area contributed by atoms with Crippen LogP contribution in [-0.4, -0.2) is 24.0 Å². The molecule has 2 rings (SSSR count). The molecule has 0 amide bonds. The largest absolute Gasteiger partial charge is 0.294 e. The van der Waals surface area contributed by atoms with Crippen molar-refractivity contribution in [3.63, 3.8) is 0 Å². The number of Topliss-reactive ketones (excluding diaryl/α,β-unsaturated/α-hetero) is 1. The van der Waals surface area contributed by atoms with Crippen LogP contribution in [0, 0.1) is 0 Å². The molecule has 1 aromatic carbocycles. The van der Waals surface area contributed by atoms with E-state index in [0.29, 0.717) is 11.1 Å². The molecule has 0 radical (unpaired) electrons. The van der Waals surface area contributed by atoms with Crippen LogP contribution >= 0.6 is 0 Å². The minimum absolute atomic E-state index is 0.129. The quantitative estimate of drug-likeness (QED) is 0.727. The third-order valence-corrected chi connectivity index (χ3v) is 3.78. The highest BCUT2D eigenvalue weighted by molar-refractivity contribution is 7.86. The second-order valence-corrected chi connectivity index (χ2v) is 5.32. The van der Waals surface area contributed by atoms with Crippen molar-refractivity contribution in [2.75, 3.05) is 0 Å². The molecule has 1 atom stereocenters. The second kappa shape index (κ2) is 3.43. The molecule has 1 aromatic rings. The Balaban J connectivity index is 2.43. The highest BCUT2D eigenvalue weighted by Crippen LogP contribution is 2.24. The molecule has 1 unspecified atom stereocenters. The van der Waals surface area contributed by atoms with Gasteiger partial charge < -0.3 is 0 Å². The van der Waals surface area contributed by atoms with Crippen LogP contribution in [0.2, 0.25) is 0 Å². The number of hydrogen-bond donors (Lipinski definition) is 1. The average Bonchev–Trinajstić information content (AvgIpc) is 2.16. The van der Waals surface area contributed by atoms with Gasteiger partial charge in [-0.3, -0.25) is 9.35 Å². The summed E-state index contributed by atoms with van der Waals surface area (Å²) in [4.78, 5) is 11.6. The van der Waals surface area contributed by atoms with Crippen LogP contribution in [0.5, 0.6) is 0 Å². The number of rotatable bonds is 1. The van der Waals surface area contributed by atoms with Gasteiger partial charge in [0.25, 0.3) is 10.1 Å². The first-order chi connectivity index (χ1) is 6.98. The van der Waals surface area contributed by atoms with Gasteiger partial charge in [0.15, 0.2) is 5.78 Å². The number of fused-ring (bicyclic) bond motifs is 1. The predicted molar refractivity (Wildman–Crippen MR) is 54.4 cm³/mol. The van der Waals surface area contributed by atoms with Crippen molar-refractivity contribution in [2.24, 2.45) is 0 Å². The van der Waals surface area contributed by atoms with Gasteiger partial charge in [-0.25, -0.2) is 0 Å². The summed E-state index contributed by atoms with van der Waals surface area (Å²) in [5.74, 6) is -0.223. The van der Waals surface area contributed by atoms with Gasteiger partial charge in [-0.2, -0.15) is 8.42 Å². The molecule has 1 N–H and O–H groups in total. The molecule has 1 aliphatic carbocycles. The van der Waals surface area contributed by atoms with Crippen molar-refractivity contribution >= 4 is 15.9 Å². The van der Waals surface area contributed by atoms with E-state index in [1.807, 2.05) is 0 Å². The van der Waals surface area contributed by atoms with E-state index in [9.17, 15) is 13.2 Å². The third kappa shape index (κ3) is 1.93. The molecular formula is C10H10O4S. The van der Waals surface area contributed by atoms with E-state index in [1.54, 1.807) is 24.3 Å². The minimum atomic E-state index is -4.12. The van der Waals surface area contributed by atoms with Crippen LogP contribution in [0.25, 0.3) is 0 Å². The van der Waals surface area contributed by atoms with E-state index >= 15 is 0 Å². The van der Waals surface area contributed by atoms with E-state index < -0.39 is 15.4 Å². The smallest absolute Gasteiger partial charge is 0.268 e. The molecule has 80 valence electrons. The van der Waals surface area contributed by atoms with E-state index in [2.05, 4.69) is 0 Å². The Morgan fingerprint density at radius 1 is 1.20 bits per heavy atom. The summed E-state index contributed by atoms with van der Waals surface area (Å²) in [6, 6.07) is 6.88. The van der Waals surface area contributed by atoms with Crippen molar-refractivity contribution in [1.29, 1.82) is 0 Å². The van der Waals surface area contributed by atoms with Crippen molar-refractivity contribution in [2.45, 2.75) is 18.1 Å². The zero-order chi connectivity index (χ0) is 11.1. The fraction of sp³-hybridized carbons (Fsp3) is 0.300. The van der Waals surface area contributed by atoms with E-state index in [4.69, 9.17) is 4.55 Å². The Morgan fingerprint density at radius 2 is 1.87 bits per heavy atom. The topological polar surface area (TPSA) is 71.4 Å². The zero-order valence-corrected chi connectivity index (χ0v) is 8.70. The lowest BCUT2D eigenvalue weighted by molar-refractivity contribution is 0.0972. The van der Waals surface area contributed by atoms with Crippen LogP contribution < -0.4 is 0 Å². The van der Waals surface area contributed by atoms with E-state index in [0.717, 1.165) is 0 Å². The zero-order valence-electron chi connectivity index (χ0n) is 7.88. The molecule has 0 bridgehead atoms. The summed E-state index contributed by atoms with van der Waals surface area (Å²) in [6.45, 7) is 0. The van der Waals surface area contributed by atoms with E-state index in [-0.39, 0.29) is 18.6 Å². The number of carbonyl (C=O) groups is 1. The molecule has 0 spiro atoms. The number of benzene rings is 1. The van der Waals surface area contributed by atoms with Crippen molar-refractivity contribution in [3.8, 4) is 0 Å². The van der Waals surface area contributed by atoms with Gasteiger partial charge in [0.1, 0.15) is 0 Å². The van der Waals surface area contributed by atoms with Gasteiger partial charge in [0.05, 0.1) is 5.25 Å². The van der Waals surface area contributed by atoms with Crippen LogP contribution in [0.15, 0.2) is 24.3 Å². The van der Waals surface area contributed by atoms with Gasteiger partial charge >= 0.3 is 0 Å². The molecular weight excluding hydrogens is 216 g/mol. The minimum Gasteiger partial charge on any atom is -0.294 e. The molecule has 0 aromatic heterocycles. The maximum Gasteiger partial charge on any atom is 0.268 e. The molecule has 15 heavy (non-hydrogen) atoms. The Labute approximate surface area is 87.7 Å². The number of ketones is 1. The van der Waals surface area contributed by atoms with Crippen LogP contribution in [0.4, 0.5) is 0 Å². The van der Waals surface area contributed by atoms with Crippen LogP contribution in [-0.2, 0) is 16.5 Å². The molecule has 5 heteroatoms. The lowest BCUT2D eigenvalue weighted by Gasteiger charge is -2.20. The predicted octanol–water partition coefficient (Wildman–Crippen LogP) is 1.07. The average molecular weight is 226 g/mol. The molecule has 0 heterocycles. The first-order valence-corrected chi connectivity index (χ1v) is 6.06. The number of carbonyl (C=O) groups excluding carboxylic acids is 1. The Morgan fingerprint density at radius 3 is 2.53 bits per heavy atom. The highest BCUT2D eigenvalue weighted by Gasteiger charge is 2.32. The lowest BCUT2D eigenvalue weighted by Crippen LogP contribution is -2.31. The van der Waals surface area contributed by atoms with Crippen molar-refractivity contribution in [1.82, 2.24) is 0 Å². The van der Waals surface area contributed by atoms with Crippen molar-refractivity contribution in [3.05, 3.63) is 35.4 Å². The summed E-state index contributed by atoms with van der Waals surface area (Å²) >= 11 is 0. The van der Waals surface area contributed by atoms with Crippen molar-refractivity contribution < 1.29 is 17.8 Å². The normalized spacial score (nSPS) is 21.1. The molecule has 1 aliphatic rings. The van der Waals surface area contributed by atoms with Gasteiger partial charge in [-0.05, 0) is 12.0 Å². The Hall–Kier alpha value is -1.20. The summed E-state index contributed by atoms with van der Waals surface area (Å²) in [5.41, 5.74) is 1.26. The Kier molecular flexibility index (Phi) is 2.36.